The third-order valence-corrected chi connectivity index (χ3v) is 5.98. The Balaban J connectivity index is 1.83. The predicted octanol–water partition coefficient (Wildman–Crippen LogP) is 2.75. The quantitative estimate of drug-likeness (QED) is 0.254. The number of nitrogens with one attached hydrogen (secondary N) is 2. The fraction of sp³-hybridized carbons (Fsp3) is 0.250. The van der Waals surface area contributed by atoms with E-state index in [0.29, 0.717) is 17.7 Å². The average molecular weight is 464 g/mol. The summed E-state index contributed by atoms with van der Waals surface area (Å²) in [5.41, 5.74) is 0.733. The highest BCUT2D eigenvalue weighted by Gasteiger charge is 2.22. The molecule has 2 heterocycles. The van der Waals surface area contributed by atoms with Crippen LogP contribution in [0, 0.1) is 24.0 Å². The number of nitrogens with two attached hydrogens (primary N) is 1. The van der Waals surface area contributed by atoms with Gasteiger partial charge in [-0.1, -0.05) is 6.92 Å². The molecule has 1 aromatic carbocycles. The lowest BCUT2D eigenvalue weighted by Crippen LogP contribution is -2.37. The highest BCUT2D eigenvalue weighted by molar-refractivity contribution is 7.92. The molecule has 0 amide bonds. The second-order valence-electron chi connectivity index (χ2n) is 7.14. The number of hydrazine groups is 1. The van der Waals surface area contributed by atoms with E-state index in [1.165, 1.54) is 6.20 Å². The summed E-state index contributed by atoms with van der Waals surface area (Å²) in [6.45, 7) is 3.14. The molecule has 0 radical (unpaired) electrons. The van der Waals surface area contributed by atoms with Crippen molar-refractivity contribution in [3.63, 3.8) is 0 Å². The molecule has 0 unspecified atom stereocenters. The minimum atomic E-state index is -3.79. The molecule has 0 aliphatic heterocycles. The Bertz CT molecular complexity index is 1240. The van der Waals surface area contributed by atoms with Gasteiger partial charge in [0.25, 0.3) is 0 Å². The molecule has 0 spiro atoms. The molecule has 32 heavy (non-hydrogen) atoms. The van der Waals surface area contributed by atoms with Crippen molar-refractivity contribution < 1.29 is 17.2 Å². The summed E-state index contributed by atoms with van der Waals surface area (Å²) in [5, 5.41) is 9.05. The Kier molecular flexibility index (Phi) is 6.84. The summed E-state index contributed by atoms with van der Waals surface area (Å²) in [6.07, 6.45) is 6.74. The number of hydrogen-bond donors (Lipinski definition) is 3. The third kappa shape index (κ3) is 5.26. The zero-order valence-electron chi connectivity index (χ0n) is 17.5. The molecular formula is C20H23F2N7O2S. The van der Waals surface area contributed by atoms with Crippen molar-refractivity contribution in [1.82, 2.24) is 14.5 Å². The number of imidazole rings is 1. The van der Waals surface area contributed by atoms with Crippen molar-refractivity contribution in [3.8, 4) is 5.69 Å². The lowest BCUT2D eigenvalue weighted by molar-refractivity contribution is 0.577. The number of hydrogen-bond acceptors (Lipinski definition) is 7. The van der Waals surface area contributed by atoms with Crippen molar-refractivity contribution in [3.05, 3.63) is 66.0 Å². The van der Waals surface area contributed by atoms with Gasteiger partial charge >= 0.3 is 0 Å². The van der Waals surface area contributed by atoms with E-state index in [-0.39, 0.29) is 18.0 Å². The number of pyridine rings is 1. The van der Waals surface area contributed by atoms with E-state index in [1.807, 2.05) is 6.92 Å². The first kappa shape index (κ1) is 23.3. The molecule has 0 fully saturated rings. The first-order valence-electron chi connectivity index (χ1n) is 9.66. The van der Waals surface area contributed by atoms with Crippen molar-refractivity contribution in [2.75, 3.05) is 22.0 Å². The first-order chi connectivity index (χ1) is 15.1. The fourth-order valence-electron chi connectivity index (χ4n) is 3.01. The zero-order chi connectivity index (χ0) is 23.5. The normalized spacial score (nSPS) is 11.4. The number of halogens is 2. The first-order valence-corrected chi connectivity index (χ1v) is 11.3. The van der Waals surface area contributed by atoms with Crippen LogP contribution >= 0.6 is 0 Å². The minimum Gasteiger partial charge on any atom is -0.304 e. The summed E-state index contributed by atoms with van der Waals surface area (Å²) in [6, 6.07) is 3.57. The van der Waals surface area contributed by atoms with Gasteiger partial charge in [0.15, 0.2) is 11.6 Å². The summed E-state index contributed by atoms with van der Waals surface area (Å²) < 4.78 is 57.0. The van der Waals surface area contributed by atoms with Crippen molar-refractivity contribution >= 4 is 27.1 Å². The van der Waals surface area contributed by atoms with Gasteiger partial charge in [-0.25, -0.2) is 28.0 Å². The number of nitrogens with zero attached hydrogens (tertiary/aromatic N) is 4. The maximum atomic E-state index is 14.9. The Morgan fingerprint density at radius 2 is 2.06 bits per heavy atom. The molecule has 0 bridgehead atoms. The van der Waals surface area contributed by atoms with Gasteiger partial charge in [-0.2, -0.15) is 0 Å². The maximum absolute atomic E-state index is 14.9. The molecule has 0 saturated carbocycles. The monoisotopic (exact) mass is 463 g/mol. The van der Waals surface area contributed by atoms with Crippen LogP contribution in [0.2, 0.25) is 0 Å². The van der Waals surface area contributed by atoms with Gasteiger partial charge < -0.3 is 9.98 Å². The molecular weight excluding hydrogens is 440 g/mol. The molecule has 0 atom stereocenters. The SMILES string of the molecule is CCCS(=O)(=O)Nc1ccc(F)c(N(N)CC(=N)c2cncc(-n3cnc(C)c3)c2)c1F. The molecule has 12 heteroatoms. The molecule has 0 aliphatic carbocycles. The summed E-state index contributed by atoms with van der Waals surface area (Å²) in [7, 11) is -3.79. The zero-order valence-corrected chi connectivity index (χ0v) is 18.3. The van der Waals surface area contributed by atoms with E-state index < -0.39 is 33.0 Å². The molecule has 3 aromatic rings. The molecule has 9 nitrogen and oxygen atoms in total. The predicted molar refractivity (Wildman–Crippen MR) is 119 cm³/mol. The highest BCUT2D eigenvalue weighted by atomic mass is 32.2. The van der Waals surface area contributed by atoms with Crippen LogP contribution < -0.4 is 15.6 Å². The Morgan fingerprint density at radius 3 is 2.72 bits per heavy atom. The topological polar surface area (TPSA) is 130 Å². The minimum absolute atomic E-state index is 0.0468. The lowest BCUT2D eigenvalue weighted by atomic mass is 10.1. The number of aromatic nitrogens is 3. The van der Waals surface area contributed by atoms with Crippen LogP contribution in [0.1, 0.15) is 24.6 Å². The largest absolute Gasteiger partial charge is 0.304 e. The Morgan fingerprint density at radius 1 is 1.31 bits per heavy atom. The van der Waals surface area contributed by atoms with Crippen LogP contribution in [0.15, 0.2) is 43.1 Å². The van der Waals surface area contributed by atoms with Crippen LogP contribution in [0.5, 0.6) is 0 Å². The number of aryl methyl sites for hydroxylation is 1. The van der Waals surface area contributed by atoms with E-state index in [9.17, 15) is 17.2 Å². The van der Waals surface area contributed by atoms with Gasteiger partial charge in [0.1, 0.15) is 5.69 Å². The molecule has 0 saturated heterocycles. The molecule has 2 aromatic heterocycles. The Hall–Kier alpha value is -3.38. The standard InChI is InChI=1S/C20H23F2N7O2S/c1-3-6-32(30,31)27-18-5-4-16(21)20(19(18)22)29(24)11-17(23)14-7-15(9-25-8-14)28-10-13(2)26-12-28/h4-5,7-10,12,23,27H,3,6,11,24H2,1-2H3. The number of rotatable bonds is 9. The Labute approximate surface area is 184 Å². The molecule has 0 aliphatic rings. The van der Waals surface area contributed by atoms with Crippen LogP contribution in [0.25, 0.3) is 5.69 Å². The second kappa shape index (κ2) is 9.40. The maximum Gasteiger partial charge on any atom is 0.232 e. The molecule has 170 valence electrons. The smallest absolute Gasteiger partial charge is 0.232 e. The molecule has 3 rings (SSSR count). The van der Waals surface area contributed by atoms with E-state index in [4.69, 9.17) is 11.3 Å². The van der Waals surface area contributed by atoms with Crippen LogP contribution in [-0.2, 0) is 10.0 Å². The van der Waals surface area contributed by atoms with Gasteiger partial charge in [0.05, 0.1) is 47.6 Å². The summed E-state index contributed by atoms with van der Waals surface area (Å²) in [4.78, 5) is 8.25. The number of sulfonamides is 1. The number of anilines is 2. The average Bonchev–Trinajstić information content (AvgIpc) is 3.16. The van der Waals surface area contributed by atoms with Crippen molar-refractivity contribution in [2.24, 2.45) is 5.84 Å². The van der Waals surface area contributed by atoms with Crippen LogP contribution in [0.3, 0.4) is 0 Å². The lowest BCUT2D eigenvalue weighted by Gasteiger charge is -2.22. The van der Waals surface area contributed by atoms with Gasteiger partial charge in [0.2, 0.25) is 10.0 Å². The fourth-order valence-corrected chi connectivity index (χ4v) is 4.14. The third-order valence-electron chi connectivity index (χ3n) is 4.50. The second-order valence-corrected chi connectivity index (χ2v) is 8.98. The van der Waals surface area contributed by atoms with E-state index >= 15 is 0 Å². The van der Waals surface area contributed by atoms with Gasteiger partial charge in [0, 0.05) is 18.0 Å². The van der Waals surface area contributed by atoms with Crippen molar-refractivity contribution in [1.29, 1.82) is 5.41 Å². The van der Waals surface area contributed by atoms with Crippen LogP contribution in [-0.4, -0.2) is 41.0 Å². The molecule has 4 N–H and O–H groups in total. The van der Waals surface area contributed by atoms with E-state index in [0.717, 1.165) is 22.8 Å². The van der Waals surface area contributed by atoms with E-state index in [2.05, 4.69) is 14.7 Å². The summed E-state index contributed by atoms with van der Waals surface area (Å²) >= 11 is 0. The van der Waals surface area contributed by atoms with Crippen molar-refractivity contribution in [2.45, 2.75) is 20.3 Å². The van der Waals surface area contributed by atoms with Gasteiger partial charge in [-0.15, -0.1) is 0 Å². The highest BCUT2D eigenvalue weighted by Crippen LogP contribution is 2.28. The van der Waals surface area contributed by atoms with Gasteiger partial charge in [-0.3, -0.25) is 14.7 Å². The summed E-state index contributed by atoms with van der Waals surface area (Å²) in [5.74, 6) is 3.51. The number of benzene rings is 1. The van der Waals surface area contributed by atoms with Crippen LogP contribution in [0.4, 0.5) is 20.2 Å². The van der Waals surface area contributed by atoms with Gasteiger partial charge in [-0.05, 0) is 31.5 Å². The van der Waals surface area contributed by atoms with E-state index in [1.54, 1.807) is 36.3 Å².